The fourth-order valence-corrected chi connectivity index (χ4v) is 3.77. The van der Waals surface area contributed by atoms with E-state index in [1.54, 1.807) is 0 Å². The highest BCUT2D eigenvalue weighted by Gasteiger charge is 2.40. The Morgan fingerprint density at radius 1 is 1.24 bits per heavy atom. The molecule has 1 atom stereocenters. The summed E-state index contributed by atoms with van der Waals surface area (Å²) >= 11 is 0. The van der Waals surface area contributed by atoms with Crippen molar-refractivity contribution >= 4 is 0 Å². The van der Waals surface area contributed by atoms with E-state index in [1.807, 2.05) is 0 Å². The Balaban J connectivity index is 1.91. The third kappa shape index (κ3) is 1.76. The highest BCUT2D eigenvalue weighted by atomic mass is 14.5. The first kappa shape index (κ1) is 10.8. The first-order valence-corrected chi connectivity index (χ1v) is 6.84. The predicted octanol–water partition coefficient (Wildman–Crippen LogP) is 3.97. The van der Waals surface area contributed by atoms with Crippen molar-refractivity contribution in [1.29, 1.82) is 5.26 Å². The van der Waals surface area contributed by atoms with Gasteiger partial charge in [-0.1, -0.05) is 49.9 Å². The standard InChI is InChI=1S/C16H19N/c17-12-16(11-13-5-1-2-6-13)10-9-14-7-3-4-8-15(14)16/h3-4,7-8,13H,1-2,5-6,9-11H2. The molecule has 0 bridgehead atoms. The number of hydrogen-bond acceptors (Lipinski definition) is 1. The van der Waals surface area contributed by atoms with E-state index >= 15 is 0 Å². The van der Waals surface area contributed by atoms with Crippen molar-refractivity contribution in [2.75, 3.05) is 0 Å². The highest BCUT2D eigenvalue weighted by Crippen LogP contribution is 2.45. The molecule has 1 fully saturated rings. The molecular formula is C16H19N. The minimum atomic E-state index is -0.161. The topological polar surface area (TPSA) is 23.8 Å². The van der Waals surface area contributed by atoms with Gasteiger partial charge >= 0.3 is 0 Å². The largest absolute Gasteiger partial charge is 0.197 e. The molecule has 1 unspecified atom stereocenters. The SMILES string of the molecule is N#CC1(CC2CCCC2)CCc2ccccc21. The molecule has 0 aliphatic heterocycles. The van der Waals surface area contributed by atoms with Crippen molar-refractivity contribution in [2.45, 2.75) is 50.4 Å². The first-order valence-electron chi connectivity index (χ1n) is 6.84. The molecule has 3 rings (SSSR count). The lowest BCUT2D eigenvalue weighted by atomic mass is 9.75. The number of nitriles is 1. The maximum Gasteiger partial charge on any atom is 0.0830 e. The number of aryl methyl sites for hydroxylation is 1. The van der Waals surface area contributed by atoms with E-state index in [2.05, 4.69) is 30.3 Å². The van der Waals surface area contributed by atoms with Crippen LogP contribution in [0.4, 0.5) is 0 Å². The molecular weight excluding hydrogens is 206 g/mol. The van der Waals surface area contributed by atoms with Crippen LogP contribution in [0.1, 0.15) is 49.7 Å². The van der Waals surface area contributed by atoms with Gasteiger partial charge in [-0.25, -0.2) is 0 Å². The van der Waals surface area contributed by atoms with Crippen LogP contribution in [0.2, 0.25) is 0 Å². The van der Waals surface area contributed by atoms with E-state index in [0.29, 0.717) is 0 Å². The smallest absolute Gasteiger partial charge is 0.0830 e. The minimum Gasteiger partial charge on any atom is -0.197 e. The van der Waals surface area contributed by atoms with Crippen LogP contribution in [-0.4, -0.2) is 0 Å². The van der Waals surface area contributed by atoms with Crippen LogP contribution >= 0.6 is 0 Å². The van der Waals surface area contributed by atoms with Gasteiger partial charge in [0.25, 0.3) is 0 Å². The van der Waals surface area contributed by atoms with Crippen LogP contribution in [0.3, 0.4) is 0 Å². The number of rotatable bonds is 2. The number of nitrogens with zero attached hydrogens (tertiary/aromatic N) is 1. The molecule has 1 heteroatoms. The number of fused-ring (bicyclic) bond motifs is 1. The van der Waals surface area contributed by atoms with Crippen LogP contribution in [0.5, 0.6) is 0 Å². The van der Waals surface area contributed by atoms with Gasteiger partial charge in [-0.05, 0) is 36.3 Å². The van der Waals surface area contributed by atoms with E-state index in [9.17, 15) is 5.26 Å². The average Bonchev–Trinajstić information content (AvgIpc) is 2.99. The van der Waals surface area contributed by atoms with Crippen molar-refractivity contribution in [1.82, 2.24) is 0 Å². The average molecular weight is 225 g/mol. The van der Waals surface area contributed by atoms with Gasteiger partial charge in [0.15, 0.2) is 0 Å². The van der Waals surface area contributed by atoms with Crippen molar-refractivity contribution in [3.8, 4) is 6.07 Å². The van der Waals surface area contributed by atoms with E-state index in [4.69, 9.17) is 0 Å². The summed E-state index contributed by atoms with van der Waals surface area (Å²) in [5, 5.41) is 9.67. The molecule has 17 heavy (non-hydrogen) atoms. The lowest BCUT2D eigenvalue weighted by Crippen LogP contribution is -2.23. The third-order valence-electron chi connectivity index (χ3n) is 4.68. The van der Waals surface area contributed by atoms with Gasteiger partial charge in [-0.2, -0.15) is 5.26 Å². The van der Waals surface area contributed by atoms with Gasteiger partial charge in [0, 0.05) is 0 Å². The van der Waals surface area contributed by atoms with Crippen LogP contribution in [0, 0.1) is 17.2 Å². The summed E-state index contributed by atoms with van der Waals surface area (Å²) in [6.45, 7) is 0. The van der Waals surface area contributed by atoms with Gasteiger partial charge in [0.1, 0.15) is 0 Å². The number of hydrogen-bond donors (Lipinski definition) is 0. The summed E-state index contributed by atoms with van der Waals surface area (Å²) in [5.41, 5.74) is 2.58. The van der Waals surface area contributed by atoms with Gasteiger partial charge < -0.3 is 0 Å². The zero-order chi connectivity index (χ0) is 11.7. The zero-order valence-electron chi connectivity index (χ0n) is 10.3. The van der Waals surface area contributed by atoms with Crippen LogP contribution < -0.4 is 0 Å². The summed E-state index contributed by atoms with van der Waals surface area (Å²) in [5.74, 6) is 0.792. The van der Waals surface area contributed by atoms with Crippen LogP contribution in [0.25, 0.3) is 0 Å². The Labute approximate surface area is 103 Å². The van der Waals surface area contributed by atoms with Crippen molar-refractivity contribution in [3.05, 3.63) is 35.4 Å². The predicted molar refractivity (Wildman–Crippen MR) is 68.6 cm³/mol. The van der Waals surface area contributed by atoms with Gasteiger partial charge in [0.2, 0.25) is 0 Å². The first-order chi connectivity index (χ1) is 8.34. The monoisotopic (exact) mass is 225 g/mol. The van der Waals surface area contributed by atoms with Crippen LogP contribution in [-0.2, 0) is 11.8 Å². The Morgan fingerprint density at radius 3 is 2.76 bits per heavy atom. The van der Waals surface area contributed by atoms with Gasteiger partial charge in [-0.15, -0.1) is 0 Å². The fourth-order valence-electron chi connectivity index (χ4n) is 3.77. The van der Waals surface area contributed by atoms with Crippen molar-refractivity contribution in [2.24, 2.45) is 5.92 Å². The summed E-state index contributed by atoms with van der Waals surface area (Å²) in [7, 11) is 0. The molecule has 0 aromatic heterocycles. The molecule has 0 saturated heterocycles. The highest BCUT2D eigenvalue weighted by molar-refractivity contribution is 5.44. The summed E-state index contributed by atoms with van der Waals surface area (Å²) in [4.78, 5) is 0. The molecule has 0 spiro atoms. The van der Waals surface area contributed by atoms with Crippen molar-refractivity contribution < 1.29 is 0 Å². The fraction of sp³-hybridized carbons (Fsp3) is 0.562. The molecule has 1 aromatic carbocycles. The Morgan fingerprint density at radius 2 is 2.00 bits per heavy atom. The maximum atomic E-state index is 9.67. The van der Waals surface area contributed by atoms with Gasteiger partial charge in [-0.3, -0.25) is 0 Å². The van der Waals surface area contributed by atoms with E-state index in [1.165, 1.54) is 36.8 Å². The van der Waals surface area contributed by atoms with Crippen molar-refractivity contribution in [3.63, 3.8) is 0 Å². The Kier molecular flexibility index (Phi) is 2.67. The molecule has 1 nitrogen and oxygen atoms in total. The third-order valence-corrected chi connectivity index (χ3v) is 4.68. The number of benzene rings is 1. The van der Waals surface area contributed by atoms with Crippen LogP contribution in [0.15, 0.2) is 24.3 Å². The molecule has 2 aliphatic rings. The molecule has 0 amide bonds. The molecule has 2 aliphatic carbocycles. The Hall–Kier alpha value is -1.29. The molecule has 1 aromatic rings. The maximum absolute atomic E-state index is 9.67. The molecule has 1 saturated carbocycles. The summed E-state index contributed by atoms with van der Waals surface area (Å²) < 4.78 is 0. The second kappa shape index (κ2) is 4.18. The Bertz CT molecular complexity index is 451. The molecule has 0 radical (unpaired) electrons. The molecule has 0 N–H and O–H groups in total. The summed E-state index contributed by atoms with van der Waals surface area (Å²) in [6.07, 6.45) is 8.65. The molecule has 0 heterocycles. The lowest BCUT2D eigenvalue weighted by Gasteiger charge is -2.25. The summed E-state index contributed by atoms with van der Waals surface area (Å²) in [6, 6.07) is 11.2. The normalized spacial score (nSPS) is 27.9. The molecule has 88 valence electrons. The quantitative estimate of drug-likeness (QED) is 0.747. The second-order valence-corrected chi connectivity index (χ2v) is 5.71. The zero-order valence-corrected chi connectivity index (χ0v) is 10.3. The van der Waals surface area contributed by atoms with E-state index in [0.717, 1.165) is 25.2 Å². The van der Waals surface area contributed by atoms with E-state index < -0.39 is 0 Å². The second-order valence-electron chi connectivity index (χ2n) is 5.71. The lowest BCUT2D eigenvalue weighted by molar-refractivity contribution is 0.380. The van der Waals surface area contributed by atoms with Gasteiger partial charge in [0.05, 0.1) is 11.5 Å². The minimum absolute atomic E-state index is 0.161. The van der Waals surface area contributed by atoms with E-state index in [-0.39, 0.29) is 5.41 Å².